The zero-order chi connectivity index (χ0) is 71.0. The lowest BCUT2D eigenvalue weighted by Crippen LogP contribution is -2.30. The van der Waals surface area contributed by atoms with Gasteiger partial charge in [0.1, 0.15) is 19.3 Å². The molecular formula is C77H150O17P2. The summed E-state index contributed by atoms with van der Waals surface area (Å²) in [5, 5.41) is 10.6. The topological polar surface area (TPSA) is 237 Å². The number of phosphoric ester groups is 2. The normalized spacial score (nSPS) is 14.1. The summed E-state index contributed by atoms with van der Waals surface area (Å²) in [7, 11) is -9.91. The Morgan fingerprint density at radius 1 is 0.260 bits per heavy atom. The molecule has 0 aliphatic rings. The van der Waals surface area contributed by atoms with Gasteiger partial charge in [-0.25, -0.2) is 9.13 Å². The van der Waals surface area contributed by atoms with Crippen LogP contribution in [0.15, 0.2) is 0 Å². The number of rotatable bonds is 74. The third-order valence-corrected chi connectivity index (χ3v) is 19.7. The number of esters is 4. The van der Waals surface area contributed by atoms with Crippen molar-refractivity contribution >= 4 is 39.5 Å². The minimum absolute atomic E-state index is 0.106. The van der Waals surface area contributed by atoms with E-state index in [4.69, 9.17) is 37.0 Å². The number of aliphatic hydroxyl groups is 1. The van der Waals surface area contributed by atoms with E-state index in [1.54, 1.807) is 0 Å². The summed E-state index contributed by atoms with van der Waals surface area (Å²) in [6, 6.07) is 0. The molecule has 3 unspecified atom stereocenters. The highest BCUT2D eigenvalue weighted by Crippen LogP contribution is 2.45. The van der Waals surface area contributed by atoms with Crippen LogP contribution in [0.5, 0.6) is 0 Å². The minimum atomic E-state index is -4.96. The molecular weight excluding hydrogens is 1260 g/mol. The lowest BCUT2D eigenvalue weighted by Gasteiger charge is -2.21. The molecule has 0 bridgehead atoms. The van der Waals surface area contributed by atoms with Crippen molar-refractivity contribution in [3.8, 4) is 0 Å². The molecule has 0 amide bonds. The van der Waals surface area contributed by atoms with Crippen molar-refractivity contribution in [3.63, 3.8) is 0 Å². The molecule has 0 saturated heterocycles. The molecule has 17 nitrogen and oxygen atoms in total. The number of hydrogen-bond donors (Lipinski definition) is 3. The standard InChI is InChI=1S/C77H150O17P2/c1-67(2)53-45-37-29-24-20-16-12-9-10-14-18-22-26-32-43-51-60-77(82)94-73(64-88-75(80)58-50-42-36-35-40-48-56-70(7)8)66-92-96(85,86)90-62-71(78)61-89-95(83,84)91-65-72(63-87-74(79)57-49-41-34-28-31-39-47-55-69(5)6)93-76(81)59-52-44-33-27-23-19-15-11-13-17-21-25-30-38-46-54-68(3)4/h67-73,78H,9-66H2,1-8H3,(H,83,84)(H,85,86)/t71?,72-,73-/m1/s1. The van der Waals surface area contributed by atoms with Gasteiger partial charge in [-0.3, -0.25) is 37.3 Å². The fourth-order valence-electron chi connectivity index (χ4n) is 11.7. The summed E-state index contributed by atoms with van der Waals surface area (Å²) in [6.07, 6.45) is 51.7. The van der Waals surface area contributed by atoms with E-state index in [-0.39, 0.29) is 25.7 Å². The van der Waals surface area contributed by atoms with Crippen LogP contribution in [-0.4, -0.2) is 96.7 Å². The smallest absolute Gasteiger partial charge is 0.462 e. The Bertz CT molecular complexity index is 1880. The van der Waals surface area contributed by atoms with Gasteiger partial charge in [-0.2, -0.15) is 0 Å². The number of carbonyl (C=O) groups excluding carboxylic acids is 4. The number of hydrogen-bond acceptors (Lipinski definition) is 15. The van der Waals surface area contributed by atoms with Gasteiger partial charge in [0, 0.05) is 25.7 Å². The molecule has 5 atom stereocenters. The molecule has 0 saturated carbocycles. The van der Waals surface area contributed by atoms with E-state index >= 15 is 0 Å². The molecule has 3 N–H and O–H groups in total. The minimum Gasteiger partial charge on any atom is -0.462 e. The van der Waals surface area contributed by atoms with Gasteiger partial charge in [0.15, 0.2) is 12.2 Å². The number of phosphoric acid groups is 2. The molecule has 570 valence electrons. The Balaban J connectivity index is 5.17. The van der Waals surface area contributed by atoms with E-state index in [0.717, 1.165) is 115 Å². The summed E-state index contributed by atoms with van der Waals surface area (Å²) in [5.41, 5.74) is 0. The molecule has 96 heavy (non-hydrogen) atoms. The molecule has 19 heteroatoms. The third kappa shape index (κ3) is 70.5. The van der Waals surface area contributed by atoms with E-state index in [2.05, 4.69) is 55.4 Å². The predicted molar refractivity (Wildman–Crippen MR) is 391 cm³/mol. The highest BCUT2D eigenvalue weighted by atomic mass is 31.2. The van der Waals surface area contributed by atoms with E-state index in [1.807, 2.05) is 0 Å². The highest BCUT2D eigenvalue weighted by molar-refractivity contribution is 7.47. The first kappa shape index (κ1) is 94.1. The summed E-state index contributed by atoms with van der Waals surface area (Å²) in [5.74, 6) is 0.873. The van der Waals surface area contributed by atoms with Crippen LogP contribution < -0.4 is 0 Å². The van der Waals surface area contributed by atoms with Crippen molar-refractivity contribution in [2.75, 3.05) is 39.6 Å². The number of carbonyl (C=O) groups is 4. The van der Waals surface area contributed by atoms with Crippen LogP contribution in [0.2, 0.25) is 0 Å². The summed E-state index contributed by atoms with van der Waals surface area (Å²) in [6.45, 7) is 14.1. The molecule has 0 fully saturated rings. The number of ether oxygens (including phenoxy) is 4. The zero-order valence-corrected chi connectivity index (χ0v) is 64.8. The van der Waals surface area contributed by atoms with Gasteiger partial charge in [-0.05, 0) is 49.4 Å². The van der Waals surface area contributed by atoms with Crippen LogP contribution in [0.25, 0.3) is 0 Å². The fraction of sp³-hybridized carbons (Fsp3) is 0.948. The van der Waals surface area contributed by atoms with E-state index in [0.29, 0.717) is 37.5 Å². The van der Waals surface area contributed by atoms with Crippen molar-refractivity contribution in [3.05, 3.63) is 0 Å². The maximum Gasteiger partial charge on any atom is 0.472 e. The molecule has 0 spiro atoms. The molecule has 0 aliphatic carbocycles. The summed E-state index contributed by atoms with van der Waals surface area (Å²) in [4.78, 5) is 72.8. The molecule has 0 aliphatic heterocycles. The van der Waals surface area contributed by atoms with Crippen LogP contribution in [0.3, 0.4) is 0 Å². The average molecular weight is 1410 g/mol. The Labute approximate surface area is 588 Å². The quantitative estimate of drug-likeness (QED) is 0.0222. The van der Waals surface area contributed by atoms with Gasteiger partial charge in [0.2, 0.25) is 0 Å². The second-order valence-electron chi connectivity index (χ2n) is 29.7. The van der Waals surface area contributed by atoms with E-state index in [9.17, 15) is 43.2 Å². The van der Waals surface area contributed by atoms with Crippen LogP contribution in [0.1, 0.15) is 389 Å². The van der Waals surface area contributed by atoms with Gasteiger partial charge in [0.05, 0.1) is 26.4 Å². The Kier molecular flexibility index (Phi) is 65.0. The van der Waals surface area contributed by atoms with Gasteiger partial charge in [-0.1, -0.05) is 338 Å². The summed E-state index contributed by atoms with van der Waals surface area (Å²) < 4.78 is 68.5. The Morgan fingerprint density at radius 2 is 0.438 bits per heavy atom. The molecule has 0 heterocycles. The third-order valence-electron chi connectivity index (χ3n) is 17.8. The first-order chi connectivity index (χ1) is 46.1. The molecule has 0 aromatic carbocycles. The lowest BCUT2D eigenvalue weighted by atomic mass is 10.0. The predicted octanol–water partition coefficient (Wildman–Crippen LogP) is 22.4. The van der Waals surface area contributed by atoms with Crippen LogP contribution in [0, 0.1) is 23.7 Å². The largest absolute Gasteiger partial charge is 0.472 e. The van der Waals surface area contributed by atoms with Gasteiger partial charge in [0.25, 0.3) is 0 Å². The van der Waals surface area contributed by atoms with Crippen molar-refractivity contribution in [2.45, 2.75) is 408 Å². The molecule has 0 aromatic rings. The van der Waals surface area contributed by atoms with Crippen LogP contribution in [0.4, 0.5) is 0 Å². The van der Waals surface area contributed by atoms with Gasteiger partial charge >= 0.3 is 39.5 Å². The molecule has 0 aromatic heterocycles. The summed E-state index contributed by atoms with van der Waals surface area (Å²) >= 11 is 0. The highest BCUT2D eigenvalue weighted by Gasteiger charge is 2.30. The maximum atomic E-state index is 13.1. The average Bonchev–Trinajstić information content (AvgIpc) is 1.10. The van der Waals surface area contributed by atoms with Crippen LogP contribution >= 0.6 is 15.6 Å². The zero-order valence-electron chi connectivity index (χ0n) is 63.0. The van der Waals surface area contributed by atoms with Crippen molar-refractivity contribution in [1.82, 2.24) is 0 Å². The van der Waals surface area contributed by atoms with E-state index < -0.39 is 97.5 Å². The van der Waals surface area contributed by atoms with Crippen LogP contribution in [-0.2, 0) is 65.4 Å². The second-order valence-corrected chi connectivity index (χ2v) is 32.6. The number of unbranched alkanes of at least 4 members (excludes halogenated alkanes) is 40. The van der Waals surface area contributed by atoms with Crippen molar-refractivity contribution < 1.29 is 80.2 Å². The molecule has 0 radical (unpaired) electrons. The maximum absolute atomic E-state index is 13.1. The first-order valence-corrected chi connectivity index (χ1v) is 42.7. The van der Waals surface area contributed by atoms with Crippen molar-refractivity contribution in [2.24, 2.45) is 23.7 Å². The Hall–Kier alpha value is -1.94. The van der Waals surface area contributed by atoms with Crippen molar-refractivity contribution in [1.29, 1.82) is 0 Å². The lowest BCUT2D eigenvalue weighted by molar-refractivity contribution is -0.161. The number of aliphatic hydroxyl groups excluding tert-OH is 1. The fourth-order valence-corrected chi connectivity index (χ4v) is 13.3. The van der Waals surface area contributed by atoms with Gasteiger partial charge in [-0.15, -0.1) is 0 Å². The Morgan fingerprint density at radius 3 is 0.646 bits per heavy atom. The molecule has 0 rings (SSSR count). The van der Waals surface area contributed by atoms with E-state index in [1.165, 1.54) is 180 Å². The second kappa shape index (κ2) is 66.3. The monoisotopic (exact) mass is 1410 g/mol. The first-order valence-electron chi connectivity index (χ1n) is 39.7. The SMILES string of the molecule is CC(C)CCCCCCCCCCCCCCCCCCC(=O)O[C@H](COC(=O)CCCCCCCCC(C)C)COP(=O)(O)OCC(O)COP(=O)(O)OC[C@@H](COC(=O)CCCCCCCCCC(C)C)OC(=O)CCCCCCCCCCCCCCCCCC(C)C. The van der Waals surface area contributed by atoms with Gasteiger partial charge < -0.3 is 33.8 Å².